The van der Waals surface area contributed by atoms with Gasteiger partial charge in [-0.1, -0.05) is 0 Å². The summed E-state index contributed by atoms with van der Waals surface area (Å²) in [6.07, 6.45) is -3.64. The van der Waals surface area contributed by atoms with Crippen LogP contribution in [0.3, 0.4) is 0 Å². The Balaban J connectivity index is 3.13. The molecule has 0 aliphatic heterocycles. The van der Waals surface area contributed by atoms with Crippen LogP contribution in [-0.4, -0.2) is 17.6 Å². The van der Waals surface area contributed by atoms with Gasteiger partial charge in [0.05, 0.1) is 13.0 Å². The lowest BCUT2D eigenvalue weighted by atomic mass is 10.1. The second kappa shape index (κ2) is 5.51. The molecule has 17 heavy (non-hydrogen) atoms. The number of aromatic nitrogens is 1. The van der Waals surface area contributed by atoms with Crippen molar-refractivity contribution in [2.45, 2.75) is 19.8 Å². The Hall–Kier alpha value is -1.79. The van der Waals surface area contributed by atoms with E-state index in [1.807, 2.05) is 0 Å². The number of carbonyl (C=O) groups excluding carboxylic acids is 1. The summed E-state index contributed by atoms with van der Waals surface area (Å²) in [5.74, 6) is -1.98. The second-order valence-electron chi connectivity index (χ2n) is 3.16. The summed E-state index contributed by atoms with van der Waals surface area (Å²) in [5, 5.41) is 0. The molecule has 0 radical (unpaired) electrons. The molecule has 7 heteroatoms. The van der Waals surface area contributed by atoms with Crippen molar-refractivity contribution in [2.24, 2.45) is 0 Å². The summed E-state index contributed by atoms with van der Waals surface area (Å²) in [5.41, 5.74) is -2.31. The van der Waals surface area contributed by atoms with E-state index < -0.39 is 41.4 Å². The first-order valence-electron chi connectivity index (χ1n) is 4.81. The lowest BCUT2D eigenvalue weighted by molar-refractivity contribution is -0.142. The summed E-state index contributed by atoms with van der Waals surface area (Å²) in [4.78, 5) is 24.1. The van der Waals surface area contributed by atoms with E-state index in [0.717, 1.165) is 0 Å². The van der Waals surface area contributed by atoms with Crippen molar-refractivity contribution in [3.63, 3.8) is 0 Å². The summed E-state index contributed by atoms with van der Waals surface area (Å²) < 4.78 is 42.4. The van der Waals surface area contributed by atoms with Gasteiger partial charge < -0.3 is 4.74 Å². The highest BCUT2D eigenvalue weighted by Crippen LogP contribution is 2.21. The number of hydrogen-bond acceptors (Lipinski definition) is 3. The minimum Gasteiger partial charge on any atom is -0.466 e. The zero-order chi connectivity index (χ0) is 13.0. The lowest BCUT2D eigenvalue weighted by Gasteiger charge is -2.07. The zero-order valence-electron chi connectivity index (χ0n) is 8.93. The molecular formula is C10H10F3NO3. The van der Waals surface area contributed by atoms with E-state index in [9.17, 15) is 22.8 Å². The number of hydrogen-bond donors (Lipinski definition) is 1. The number of rotatable bonds is 4. The molecule has 0 aliphatic carbocycles. The molecule has 0 saturated heterocycles. The highest BCUT2D eigenvalue weighted by Gasteiger charge is 2.20. The average molecular weight is 249 g/mol. The number of aromatic amines is 1. The summed E-state index contributed by atoms with van der Waals surface area (Å²) >= 11 is 0. The van der Waals surface area contributed by atoms with Crippen LogP contribution in [0.25, 0.3) is 0 Å². The van der Waals surface area contributed by atoms with Crippen LogP contribution in [0.5, 0.6) is 0 Å². The number of H-pyrrole nitrogens is 1. The van der Waals surface area contributed by atoms with E-state index in [-0.39, 0.29) is 6.61 Å². The fraction of sp³-hybridized carbons (Fsp3) is 0.400. The van der Waals surface area contributed by atoms with Gasteiger partial charge >= 0.3 is 5.97 Å². The van der Waals surface area contributed by atoms with Crippen LogP contribution < -0.4 is 5.56 Å². The summed E-state index contributed by atoms with van der Waals surface area (Å²) in [6.45, 7) is 1.61. The summed E-state index contributed by atoms with van der Waals surface area (Å²) in [7, 11) is 0. The Labute approximate surface area is 94.4 Å². The Bertz CT molecular complexity index is 470. The van der Waals surface area contributed by atoms with E-state index in [1.54, 1.807) is 11.9 Å². The van der Waals surface area contributed by atoms with E-state index in [2.05, 4.69) is 4.74 Å². The van der Waals surface area contributed by atoms with Crippen molar-refractivity contribution < 1.29 is 22.7 Å². The molecule has 0 unspecified atom stereocenters. The van der Waals surface area contributed by atoms with Crippen LogP contribution in [0.2, 0.25) is 0 Å². The van der Waals surface area contributed by atoms with Crippen LogP contribution in [0.1, 0.15) is 24.5 Å². The van der Waals surface area contributed by atoms with Crippen LogP contribution in [-0.2, 0) is 16.0 Å². The maximum Gasteiger partial charge on any atom is 0.310 e. The van der Waals surface area contributed by atoms with Gasteiger partial charge in [0, 0.05) is 17.2 Å². The van der Waals surface area contributed by atoms with Gasteiger partial charge in [0.15, 0.2) is 5.95 Å². The molecule has 0 spiro atoms. The number of pyridine rings is 1. The maximum absolute atomic E-state index is 12.7. The monoisotopic (exact) mass is 249 g/mol. The number of carbonyl (C=O) groups is 1. The third-order valence-corrected chi connectivity index (χ3v) is 2.00. The normalized spacial score (nSPS) is 10.6. The Kier molecular flexibility index (Phi) is 4.30. The predicted molar refractivity (Wildman–Crippen MR) is 52.3 cm³/mol. The molecule has 0 saturated carbocycles. The minimum atomic E-state index is -3.03. The molecule has 1 aromatic rings. The Morgan fingerprint density at radius 1 is 1.53 bits per heavy atom. The van der Waals surface area contributed by atoms with Gasteiger partial charge in [0.2, 0.25) is 0 Å². The van der Waals surface area contributed by atoms with E-state index >= 15 is 0 Å². The number of nitrogens with one attached hydrogen (secondary N) is 1. The molecule has 0 bridgehead atoms. The fourth-order valence-corrected chi connectivity index (χ4v) is 1.31. The highest BCUT2D eigenvalue weighted by molar-refractivity contribution is 5.72. The number of alkyl halides is 2. The van der Waals surface area contributed by atoms with E-state index in [4.69, 9.17) is 0 Å². The van der Waals surface area contributed by atoms with Crippen LogP contribution >= 0.6 is 0 Å². The average Bonchev–Trinajstić information content (AvgIpc) is 2.21. The van der Waals surface area contributed by atoms with E-state index in [0.29, 0.717) is 6.07 Å². The second-order valence-corrected chi connectivity index (χ2v) is 3.16. The Morgan fingerprint density at radius 2 is 2.18 bits per heavy atom. The molecule has 0 amide bonds. The molecule has 0 fully saturated rings. The van der Waals surface area contributed by atoms with Crippen LogP contribution in [0.15, 0.2) is 10.9 Å². The quantitative estimate of drug-likeness (QED) is 0.650. The first kappa shape index (κ1) is 13.3. The SMILES string of the molecule is CCOC(=O)Cc1c(C(F)F)cc(F)[nH]c1=O. The smallest absolute Gasteiger partial charge is 0.310 e. The van der Waals surface area contributed by atoms with Crippen LogP contribution in [0, 0.1) is 5.95 Å². The largest absolute Gasteiger partial charge is 0.466 e. The van der Waals surface area contributed by atoms with E-state index in [1.165, 1.54) is 0 Å². The molecule has 1 aromatic heterocycles. The third kappa shape index (κ3) is 3.33. The van der Waals surface area contributed by atoms with Gasteiger partial charge in [-0.25, -0.2) is 8.78 Å². The van der Waals surface area contributed by atoms with Gasteiger partial charge in [-0.3, -0.25) is 14.6 Å². The molecule has 94 valence electrons. The van der Waals surface area contributed by atoms with Gasteiger partial charge in [-0.15, -0.1) is 0 Å². The lowest BCUT2D eigenvalue weighted by Crippen LogP contribution is -2.21. The third-order valence-electron chi connectivity index (χ3n) is 2.00. The minimum absolute atomic E-state index is 0.0714. The van der Waals surface area contributed by atoms with Gasteiger partial charge in [0.1, 0.15) is 0 Å². The maximum atomic E-state index is 12.7. The van der Waals surface area contributed by atoms with Crippen molar-refractivity contribution in [1.82, 2.24) is 4.98 Å². The first-order chi connectivity index (χ1) is 7.95. The van der Waals surface area contributed by atoms with Crippen molar-refractivity contribution in [1.29, 1.82) is 0 Å². The molecule has 0 aliphatic rings. The van der Waals surface area contributed by atoms with Crippen LogP contribution in [0.4, 0.5) is 13.2 Å². The topological polar surface area (TPSA) is 59.2 Å². The molecule has 1 N–H and O–H groups in total. The number of halogens is 3. The molecule has 0 atom stereocenters. The van der Waals surface area contributed by atoms with Gasteiger partial charge in [-0.05, 0) is 6.92 Å². The standard InChI is InChI=1S/C10H10F3NO3/c1-2-17-8(15)4-6-5(9(12)13)3-7(11)14-10(6)16/h3,9H,2,4H2,1H3,(H,14,16). The molecule has 1 rings (SSSR count). The zero-order valence-corrected chi connectivity index (χ0v) is 8.93. The molecule has 1 heterocycles. The molecule has 4 nitrogen and oxygen atoms in total. The first-order valence-corrected chi connectivity index (χ1v) is 4.81. The predicted octanol–water partition coefficient (Wildman–Crippen LogP) is 1.56. The number of esters is 1. The van der Waals surface area contributed by atoms with Gasteiger partial charge in [-0.2, -0.15) is 4.39 Å². The van der Waals surface area contributed by atoms with Crippen molar-refractivity contribution >= 4 is 5.97 Å². The van der Waals surface area contributed by atoms with Gasteiger partial charge in [0.25, 0.3) is 12.0 Å². The molecule has 0 aromatic carbocycles. The fourth-order valence-electron chi connectivity index (χ4n) is 1.31. The number of ether oxygens (including phenoxy) is 1. The van der Waals surface area contributed by atoms with Crippen molar-refractivity contribution in [3.8, 4) is 0 Å². The molecular weight excluding hydrogens is 239 g/mol. The highest BCUT2D eigenvalue weighted by atomic mass is 19.3. The Morgan fingerprint density at radius 3 is 2.71 bits per heavy atom. The van der Waals surface area contributed by atoms with Crippen molar-refractivity contribution in [3.05, 3.63) is 33.5 Å². The van der Waals surface area contributed by atoms with Crippen molar-refractivity contribution in [2.75, 3.05) is 6.61 Å². The summed E-state index contributed by atoms with van der Waals surface area (Å²) in [6, 6.07) is 0.501.